The third-order valence-electron chi connectivity index (χ3n) is 15.3. The summed E-state index contributed by atoms with van der Waals surface area (Å²) in [5.74, 6) is 2.66. The Bertz CT molecular complexity index is 1940. The number of fused-ring (bicyclic) bond motifs is 8. The van der Waals surface area contributed by atoms with Gasteiger partial charge in [-0.1, -0.05) is 71.9 Å². The number of ether oxygens (including phenoxy) is 2. The molecule has 4 fully saturated rings. The van der Waals surface area contributed by atoms with Crippen LogP contribution in [0.15, 0.2) is 40.7 Å². The number of phenols is 1. The summed E-state index contributed by atoms with van der Waals surface area (Å²) in [6.07, 6.45) is 26.8. The van der Waals surface area contributed by atoms with Gasteiger partial charge in [0.15, 0.2) is 17.5 Å². The average Bonchev–Trinajstić information content (AvgIpc) is 4.02. The maximum Gasteiger partial charge on any atom is 0.302 e. The zero-order valence-electron chi connectivity index (χ0n) is 37.5. The summed E-state index contributed by atoms with van der Waals surface area (Å²) in [6.45, 7) is 3.28. The van der Waals surface area contributed by atoms with Gasteiger partial charge >= 0.3 is 5.97 Å². The molecule has 1 aromatic rings. The summed E-state index contributed by atoms with van der Waals surface area (Å²) in [6, 6.07) is 2.02. The van der Waals surface area contributed by atoms with Crippen molar-refractivity contribution in [3.63, 3.8) is 0 Å². The molecule has 0 radical (unpaired) electrons. The topological polar surface area (TPSA) is 185 Å². The Labute approximate surface area is 382 Å². The van der Waals surface area contributed by atoms with Crippen LogP contribution in [0, 0.1) is 16.7 Å². The second kappa shape index (κ2) is 20.4. The Balaban J connectivity index is 1.10. The molecule has 7 aliphatic rings. The number of carbonyl (C=O) groups excluding carboxylic acids is 2. The number of nitrogens with one attached hydrogen (secondary N) is 2. The van der Waals surface area contributed by atoms with Crippen molar-refractivity contribution in [2.75, 3.05) is 25.4 Å². The lowest BCUT2D eigenvalue weighted by Crippen LogP contribution is -2.55. The van der Waals surface area contributed by atoms with Crippen LogP contribution in [0.2, 0.25) is 0 Å². The molecule has 8 N–H and O–H groups in total. The molecule has 12 nitrogen and oxygen atoms in total. The number of hydrogen-bond donors (Lipinski definition) is 6. The van der Waals surface area contributed by atoms with Crippen LogP contribution in [0.3, 0.4) is 0 Å². The SMILES string of the molecule is CC(=O)OC1CCc2cc(c(O)c3c2C=CC2CCCC2O3)CN2CC(CC3=CCNC(N)=C3)(CCN=C(N)NC3(CCCC34CCCC4)SSCCCCCCC(O)C1)CC2=O. The van der Waals surface area contributed by atoms with E-state index in [9.17, 15) is 19.8 Å². The minimum atomic E-state index is -0.579. The van der Waals surface area contributed by atoms with Crippen LogP contribution in [-0.2, 0) is 27.3 Å². The number of carbonyl (C=O) groups is 2. The van der Waals surface area contributed by atoms with E-state index in [4.69, 9.17) is 25.9 Å². The lowest BCUT2D eigenvalue weighted by molar-refractivity contribution is -0.148. The largest absolute Gasteiger partial charge is 0.504 e. The van der Waals surface area contributed by atoms with Gasteiger partial charge in [-0.2, -0.15) is 0 Å². The van der Waals surface area contributed by atoms with Gasteiger partial charge in [-0.3, -0.25) is 14.6 Å². The fourth-order valence-electron chi connectivity index (χ4n) is 12.1. The van der Waals surface area contributed by atoms with Crippen molar-refractivity contribution in [3.05, 3.63) is 52.4 Å². The minimum absolute atomic E-state index is 0.0265. The third-order valence-corrected chi connectivity index (χ3v) is 18.6. The molecular weight excluding hydrogens is 833 g/mol. The number of hydrogen-bond acceptors (Lipinski definition) is 13. The molecule has 8 rings (SSSR count). The fraction of sp³-hybridized carbons (Fsp3) is 0.694. The molecule has 6 atom stereocenters. The second-order valence-electron chi connectivity index (χ2n) is 19.8. The Morgan fingerprint density at radius 1 is 1.02 bits per heavy atom. The van der Waals surface area contributed by atoms with Crippen molar-refractivity contribution in [2.24, 2.45) is 33.2 Å². The first-order chi connectivity index (χ1) is 30.4. The van der Waals surface area contributed by atoms with Crippen LogP contribution < -0.4 is 26.8 Å². The molecule has 4 aliphatic heterocycles. The summed E-state index contributed by atoms with van der Waals surface area (Å²) >= 11 is 0. The number of aryl methyl sites for hydroxylation is 1. The van der Waals surface area contributed by atoms with Crippen molar-refractivity contribution >= 4 is 45.5 Å². The lowest BCUT2D eigenvalue weighted by atomic mass is 9.77. The fourth-order valence-corrected chi connectivity index (χ4v) is 15.6. The summed E-state index contributed by atoms with van der Waals surface area (Å²) < 4.78 is 12.5. The van der Waals surface area contributed by atoms with Gasteiger partial charge < -0.3 is 46.7 Å². The molecule has 63 heavy (non-hydrogen) atoms. The number of esters is 1. The Hall–Kier alpha value is -3.49. The molecule has 3 aliphatic carbocycles. The van der Waals surface area contributed by atoms with E-state index in [1.807, 2.05) is 38.6 Å². The monoisotopic (exact) mass is 904 g/mol. The Morgan fingerprint density at radius 2 is 1.84 bits per heavy atom. The van der Waals surface area contributed by atoms with Crippen molar-refractivity contribution in [1.29, 1.82) is 0 Å². The first kappa shape index (κ1) is 46.1. The number of rotatable bonds is 3. The number of guanidine groups is 1. The van der Waals surface area contributed by atoms with E-state index in [-0.39, 0.29) is 46.5 Å². The predicted octanol–water partition coefficient (Wildman–Crippen LogP) is 8.10. The molecule has 0 aromatic heterocycles. The van der Waals surface area contributed by atoms with E-state index >= 15 is 0 Å². The zero-order chi connectivity index (χ0) is 44.0. The first-order valence-corrected chi connectivity index (χ1v) is 26.4. The van der Waals surface area contributed by atoms with Gasteiger partial charge in [0.1, 0.15) is 17.1 Å². The molecule has 6 unspecified atom stereocenters. The van der Waals surface area contributed by atoms with E-state index in [2.05, 4.69) is 28.9 Å². The van der Waals surface area contributed by atoms with Gasteiger partial charge in [-0.25, -0.2) is 0 Å². The number of aliphatic hydroxyl groups excluding tert-OH is 1. The van der Waals surface area contributed by atoms with E-state index in [1.54, 1.807) is 0 Å². The summed E-state index contributed by atoms with van der Waals surface area (Å²) in [4.78, 5) is 33.4. The second-order valence-corrected chi connectivity index (χ2v) is 22.6. The number of nitrogens with zero attached hydrogens (tertiary/aromatic N) is 2. The van der Waals surface area contributed by atoms with Crippen LogP contribution >= 0.6 is 21.6 Å². The van der Waals surface area contributed by atoms with E-state index in [1.165, 1.54) is 45.4 Å². The number of nitrogens with two attached hydrogens (primary N) is 2. The van der Waals surface area contributed by atoms with E-state index in [0.717, 1.165) is 73.8 Å². The minimum Gasteiger partial charge on any atom is -0.504 e. The number of dihydropyridines is 1. The highest BCUT2D eigenvalue weighted by atomic mass is 33.1. The Morgan fingerprint density at radius 3 is 2.67 bits per heavy atom. The van der Waals surface area contributed by atoms with Crippen molar-refractivity contribution in [1.82, 2.24) is 15.5 Å². The summed E-state index contributed by atoms with van der Waals surface area (Å²) in [5.41, 5.74) is 16.5. The number of aliphatic hydroxyl groups is 1. The number of allylic oxidation sites excluding steroid dienone is 2. The smallest absolute Gasteiger partial charge is 0.302 e. The van der Waals surface area contributed by atoms with Crippen molar-refractivity contribution in [3.8, 4) is 11.5 Å². The van der Waals surface area contributed by atoms with E-state index in [0.29, 0.717) is 87.7 Å². The molecule has 1 amide bonds. The lowest BCUT2D eigenvalue weighted by Gasteiger charge is -2.44. The van der Waals surface area contributed by atoms with Gasteiger partial charge in [0.2, 0.25) is 5.91 Å². The molecule has 2 spiro atoms. The summed E-state index contributed by atoms with van der Waals surface area (Å²) in [7, 11) is 3.95. The zero-order valence-corrected chi connectivity index (χ0v) is 39.1. The highest BCUT2D eigenvalue weighted by Crippen LogP contribution is 2.63. The maximum atomic E-state index is 14.3. The van der Waals surface area contributed by atoms with Crippen molar-refractivity contribution in [2.45, 2.75) is 171 Å². The van der Waals surface area contributed by atoms with Crippen LogP contribution in [-0.4, -0.2) is 81.5 Å². The first-order valence-electron chi connectivity index (χ1n) is 24.1. The maximum absolute atomic E-state index is 14.3. The van der Waals surface area contributed by atoms with Gasteiger partial charge in [-0.05, 0) is 113 Å². The van der Waals surface area contributed by atoms with Crippen LogP contribution in [0.1, 0.15) is 152 Å². The number of aromatic hydroxyl groups is 1. The molecular formula is C49H72N6O6S2. The quantitative estimate of drug-likeness (QED) is 0.127. The average molecular weight is 905 g/mol. The van der Waals surface area contributed by atoms with Crippen LogP contribution in [0.5, 0.6) is 11.5 Å². The van der Waals surface area contributed by atoms with Crippen LogP contribution in [0.25, 0.3) is 6.08 Å². The van der Waals surface area contributed by atoms with Gasteiger partial charge in [-0.15, -0.1) is 0 Å². The number of amides is 1. The van der Waals surface area contributed by atoms with Gasteiger partial charge in [0.25, 0.3) is 0 Å². The molecule has 1 aromatic carbocycles. The van der Waals surface area contributed by atoms with E-state index < -0.39 is 17.6 Å². The molecule has 4 heterocycles. The number of aliphatic imine (C=N–C) groups is 1. The van der Waals surface area contributed by atoms with Crippen LogP contribution in [0.4, 0.5) is 0 Å². The highest BCUT2D eigenvalue weighted by Gasteiger charge is 2.57. The number of benzene rings is 1. The molecule has 1 saturated heterocycles. The molecule has 3 saturated carbocycles. The molecule has 14 heteroatoms. The number of phenolic OH excluding ortho intramolecular Hbond substituents is 1. The standard InChI is InChI=1S/C49H72N6O6S2/c1-33(56)60-39-15-13-36-27-37(44(59)45-40(36)16-14-35-10-8-12-41(35)61-45)31-55-32-47(30-43(55)58,29-34-17-23-52-42(50)26-34)22-24-53-46(51)54-49(21-9-20-48(49)18-5-6-19-48)63-62-25-7-3-2-4-11-38(57)28-39/h14,16-17,26-27,35,38-39,41,52,57,59H,2-13,15,18-25,28-32,50H2,1H3,(H3,51,53,54). The molecule has 4 bridgehead atoms. The predicted molar refractivity (Wildman–Crippen MR) is 254 cm³/mol. The van der Waals surface area contributed by atoms with Gasteiger partial charge in [0.05, 0.1) is 11.9 Å². The van der Waals surface area contributed by atoms with Gasteiger partial charge in [0, 0.05) is 79.6 Å². The van der Waals surface area contributed by atoms with Crippen molar-refractivity contribution < 1.29 is 29.3 Å². The summed E-state index contributed by atoms with van der Waals surface area (Å²) in [5, 5.41) is 30.3. The third kappa shape index (κ3) is 10.8. The normalized spacial score (nSPS) is 32.1. The molecule has 346 valence electrons. The highest BCUT2D eigenvalue weighted by molar-refractivity contribution is 8.77. The Kier molecular flexibility index (Phi) is 14.9.